The van der Waals surface area contributed by atoms with Crippen LogP contribution in [0.15, 0.2) is 42.5 Å². The lowest BCUT2D eigenvalue weighted by atomic mass is 10.2. The van der Waals surface area contributed by atoms with E-state index in [0.717, 1.165) is 6.07 Å². The number of nitrogen functional groups attached to an aromatic ring is 1. The van der Waals surface area contributed by atoms with E-state index in [1.165, 1.54) is 12.1 Å². The molecule has 108 valence electrons. The van der Waals surface area contributed by atoms with Gasteiger partial charge in [0.25, 0.3) is 5.91 Å². The van der Waals surface area contributed by atoms with Gasteiger partial charge in [0.1, 0.15) is 12.4 Å². The Morgan fingerprint density at radius 1 is 1.24 bits per heavy atom. The van der Waals surface area contributed by atoms with E-state index >= 15 is 0 Å². The highest BCUT2D eigenvalue weighted by molar-refractivity contribution is 5.97. The summed E-state index contributed by atoms with van der Waals surface area (Å²) in [5.41, 5.74) is 6.18. The van der Waals surface area contributed by atoms with Gasteiger partial charge in [-0.15, -0.1) is 0 Å². The number of ether oxygens (including phenoxy) is 2. The first-order valence-corrected chi connectivity index (χ1v) is 6.38. The minimum atomic E-state index is -0.817. The summed E-state index contributed by atoms with van der Waals surface area (Å²) in [5.74, 6) is 0.162. The fourth-order valence-electron chi connectivity index (χ4n) is 2.00. The van der Waals surface area contributed by atoms with Gasteiger partial charge in [-0.25, -0.2) is 4.39 Å². The van der Waals surface area contributed by atoms with Crippen molar-refractivity contribution in [3.8, 4) is 11.5 Å². The SMILES string of the molecule is Nc1ccc(F)cc1NC(=O)C1COc2ccccc2O1. The number of halogens is 1. The van der Waals surface area contributed by atoms with Crippen LogP contribution < -0.4 is 20.5 Å². The quantitative estimate of drug-likeness (QED) is 0.831. The fraction of sp³-hybridized carbons (Fsp3) is 0.133. The van der Waals surface area contributed by atoms with E-state index in [1.54, 1.807) is 18.2 Å². The Balaban J connectivity index is 1.74. The molecule has 3 N–H and O–H groups in total. The lowest BCUT2D eigenvalue weighted by molar-refractivity contribution is -0.125. The maximum absolute atomic E-state index is 13.2. The van der Waals surface area contributed by atoms with Gasteiger partial charge in [0.2, 0.25) is 6.10 Å². The van der Waals surface area contributed by atoms with Crippen LogP contribution in [0.2, 0.25) is 0 Å². The molecule has 0 radical (unpaired) electrons. The van der Waals surface area contributed by atoms with Gasteiger partial charge < -0.3 is 20.5 Å². The van der Waals surface area contributed by atoms with Gasteiger partial charge in [0.15, 0.2) is 11.5 Å². The zero-order valence-electron chi connectivity index (χ0n) is 11.0. The summed E-state index contributed by atoms with van der Waals surface area (Å²) >= 11 is 0. The zero-order valence-corrected chi connectivity index (χ0v) is 11.0. The standard InChI is InChI=1S/C15H13FN2O3/c16-9-5-6-10(17)11(7-9)18-15(19)14-8-20-12-3-1-2-4-13(12)21-14/h1-7,14H,8,17H2,(H,18,19). The van der Waals surface area contributed by atoms with E-state index < -0.39 is 17.8 Å². The van der Waals surface area contributed by atoms with Crippen molar-refractivity contribution in [3.63, 3.8) is 0 Å². The van der Waals surface area contributed by atoms with Gasteiger partial charge in [-0.3, -0.25) is 4.79 Å². The molecule has 3 rings (SSSR count). The number of anilines is 2. The summed E-state index contributed by atoms with van der Waals surface area (Å²) in [6.07, 6.45) is -0.817. The smallest absolute Gasteiger partial charge is 0.269 e. The molecule has 0 aromatic heterocycles. The molecule has 0 spiro atoms. The maximum Gasteiger partial charge on any atom is 0.269 e. The van der Waals surface area contributed by atoms with Gasteiger partial charge >= 0.3 is 0 Å². The van der Waals surface area contributed by atoms with Crippen molar-refractivity contribution in [2.75, 3.05) is 17.7 Å². The molecule has 6 heteroatoms. The molecule has 1 aliphatic heterocycles. The topological polar surface area (TPSA) is 73.6 Å². The minimum Gasteiger partial charge on any atom is -0.485 e. The molecule has 0 bridgehead atoms. The lowest BCUT2D eigenvalue weighted by Crippen LogP contribution is -2.40. The van der Waals surface area contributed by atoms with Crippen molar-refractivity contribution in [2.45, 2.75) is 6.10 Å². The third-order valence-electron chi connectivity index (χ3n) is 3.07. The van der Waals surface area contributed by atoms with Crippen LogP contribution in [0.25, 0.3) is 0 Å². The number of carbonyl (C=O) groups is 1. The maximum atomic E-state index is 13.2. The second kappa shape index (κ2) is 5.32. The number of nitrogens with one attached hydrogen (secondary N) is 1. The van der Waals surface area contributed by atoms with E-state index in [1.807, 2.05) is 6.07 Å². The van der Waals surface area contributed by atoms with Gasteiger partial charge in [-0.2, -0.15) is 0 Å². The van der Waals surface area contributed by atoms with Crippen molar-refractivity contribution in [1.29, 1.82) is 0 Å². The number of fused-ring (bicyclic) bond motifs is 1. The average molecular weight is 288 g/mol. The van der Waals surface area contributed by atoms with Crippen LogP contribution >= 0.6 is 0 Å². The number of nitrogens with two attached hydrogens (primary N) is 1. The highest BCUT2D eigenvalue weighted by Gasteiger charge is 2.27. The van der Waals surface area contributed by atoms with Gasteiger partial charge in [-0.05, 0) is 30.3 Å². The number of carbonyl (C=O) groups excluding carboxylic acids is 1. The molecule has 0 saturated heterocycles. The highest BCUT2D eigenvalue weighted by atomic mass is 19.1. The Bertz CT molecular complexity index is 690. The second-order valence-corrected chi connectivity index (χ2v) is 4.59. The molecule has 21 heavy (non-hydrogen) atoms. The summed E-state index contributed by atoms with van der Waals surface area (Å²) in [6.45, 7) is 0.0814. The van der Waals surface area contributed by atoms with Gasteiger partial charge in [-0.1, -0.05) is 12.1 Å². The Labute approximate surface area is 120 Å². The fourth-order valence-corrected chi connectivity index (χ4v) is 2.00. The van der Waals surface area contributed by atoms with Crippen molar-refractivity contribution < 1.29 is 18.7 Å². The van der Waals surface area contributed by atoms with Crippen molar-refractivity contribution in [1.82, 2.24) is 0 Å². The van der Waals surface area contributed by atoms with Crippen LogP contribution in [0, 0.1) is 5.82 Å². The van der Waals surface area contributed by atoms with Crippen LogP contribution in [0.3, 0.4) is 0 Å². The Morgan fingerprint density at radius 3 is 2.81 bits per heavy atom. The molecule has 1 aliphatic rings. The lowest BCUT2D eigenvalue weighted by Gasteiger charge is -2.25. The van der Waals surface area contributed by atoms with Crippen LogP contribution in [0.1, 0.15) is 0 Å². The molecule has 0 fully saturated rings. The predicted molar refractivity (Wildman–Crippen MR) is 75.8 cm³/mol. The summed E-state index contributed by atoms with van der Waals surface area (Å²) < 4.78 is 24.2. The highest BCUT2D eigenvalue weighted by Crippen LogP contribution is 2.31. The Morgan fingerprint density at radius 2 is 2.00 bits per heavy atom. The van der Waals surface area contributed by atoms with Gasteiger partial charge in [0.05, 0.1) is 11.4 Å². The number of amides is 1. The monoisotopic (exact) mass is 288 g/mol. The summed E-state index contributed by atoms with van der Waals surface area (Å²) in [5, 5.41) is 2.54. The average Bonchev–Trinajstić information content (AvgIpc) is 2.50. The van der Waals surface area contributed by atoms with E-state index in [2.05, 4.69) is 5.32 Å². The number of hydrogen-bond donors (Lipinski definition) is 2. The van der Waals surface area contributed by atoms with E-state index in [-0.39, 0.29) is 18.0 Å². The van der Waals surface area contributed by atoms with Crippen LogP contribution in [0.4, 0.5) is 15.8 Å². The molecule has 0 aliphatic carbocycles. The Hall–Kier alpha value is -2.76. The van der Waals surface area contributed by atoms with Crippen LogP contribution in [-0.4, -0.2) is 18.6 Å². The Kier molecular flexibility index (Phi) is 3.35. The van der Waals surface area contributed by atoms with Crippen LogP contribution in [-0.2, 0) is 4.79 Å². The minimum absolute atomic E-state index is 0.0814. The molecule has 1 unspecified atom stereocenters. The molecule has 2 aromatic rings. The predicted octanol–water partition coefficient (Wildman–Crippen LogP) is 2.19. The molecule has 1 amide bonds. The zero-order chi connectivity index (χ0) is 14.8. The first-order valence-electron chi connectivity index (χ1n) is 6.38. The third-order valence-corrected chi connectivity index (χ3v) is 3.07. The molecule has 1 atom stereocenters. The largest absolute Gasteiger partial charge is 0.485 e. The first kappa shape index (κ1) is 13.2. The molecule has 1 heterocycles. The van der Waals surface area contributed by atoms with Crippen LogP contribution in [0.5, 0.6) is 11.5 Å². The summed E-state index contributed by atoms with van der Waals surface area (Å²) in [7, 11) is 0. The summed E-state index contributed by atoms with van der Waals surface area (Å²) in [4.78, 5) is 12.1. The number of benzene rings is 2. The molecule has 2 aromatic carbocycles. The van der Waals surface area contributed by atoms with E-state index in [0.29, 0.717) is 11.5 Å². The van der Waals surface area contributed by atoms with Crippen molar-refractivity contribution in [2.24, 2.45) is 0 Å². The molecule has 5 nitrogen and oxygen atoms in total. The van der Waals surface area contributed by atoms with Crippen molar-refractivity contribution >= 4 is 17.3 Å². The van der Waals surface area contributed by atoms with Gasteiger partial charge in [0, 0.05) is 0 Å². The summed E-state index contributed by atoms with van der Waals surface area (Å²) in [6, 6.07) is 10.8. The normalized spacial score (nSPS) is 16.3. The number of rotatable bonds is 2. The second-order valence-electron chi connectivity index (χ2n) is 4.59. The number of para-hydroxylation sites is 2. The first-order chi connectivity index (χ1) is 10.1. The number of hydrogen-bond acceptors (Lipinski definition) is 4. The molecular weight excluding hydrogens is 275 g/mol. The van der Waals surface area contributed by atoms with E-state index in [9.17, 15) is 9.18 Å². The third kappa shape index (κ3) is 2.74. The van der Waals surface area contributed by atoms with Crippen molar-refractivity contribution in [3.05, 3.63) is 48.3 Å². The van der Waals surface area contributed by atoms with E-state index in [4.69, 9.17) is 15.2 Å². The molecule has 0 saturated carbocycles. The molecular formula is C15H13FN2O3.